The summed E-state index contributed by atoms with van der Waals surface area (Å²) in [5, 5.41) is 9.18. The highest BCUT2D eigenvalue weighted by atomic mass is 16.2. The predicted octanol–water partition coefficient (Wildman–Crippen LogP) is 0.836. The molecule has 1 aliphatic heterocycles. The lowest BCUT2D eigenvalue weighted by molar-refractivity contribution is 0.234. The number of rotatable bonds is 5. The minimum absolute atomic E-state index is 0.0109. The van der Waals surface area contributed by atoms with Crippen LogP contribution in [0.2, 0.25) is 0 Å². The van der Waals surface area contributed by atoms with Crippen LogP contribution < -0.4 is 16.0 Å². The summed E-state index contributed by atoms with van der Waals surface area (Å²) in [6, 6.07) is 0.758. The van der Waals surface area contributed by atoms with Gasteiger partial charge in [0.05, 0.1) is 0 Å². The van der Waals surface area contributed by atoms with Gasteiger partial charge in [0.15, 0.2) is 0 Å². The number of carbonyl (C=O) groups is 1. The van der Waals surface area contributed by atoms with Crippen LogP contribution in [0.1, 0.15) is 32.6 Å². The molecule has 0 aromatic carbocycles. The molecule has 4 nitrogen and oxygen atoms in total. The minimum atomic E-state index is 0.0109. The molecule has 2 rings (SSSR count). The van der Waals surface area contributed by atoms with Crippen LogP contribution in [-0.2, 0) is 0 Å². The van der Waals surface area contributed by atoms with E-state index in [1.165, 1.54) is 6.42 Å². The zero-order chi connectivity index (χ0) is 10.7. The number of amides is 2. The van der Waals surface area contributed by atoms with Crippen LogP contribution in [0.15, 0.2) is 0 Å². The molecular weight excluding hydrogens is 190 g/mol. The summed E-state index contributed by atoms with van der Waals surface area (Å²) in [5.74, 6) is 0.834. The van der Waals surface area contributed by atoms with E-state index in [0.717, 1.165) is 38.3 Å². The standard InChI is InChI=1S/C11H21N3O/c1-8(2-3-9-6-12-7-9)13-11(15)14-10-4-5-10/h8-10,12H,2-7H2,1H3,(H2,13,14,15). The molecule has 1 saturated heterocycles. The summed E-state index contributed by atoms with van der Waals surface area (Å²) >= 11 is 0. The van der Waals surface area contributed by atoms with Gasteiger partial charge in [0.1, 0.15) is 0 Å². The number of hydrogen-bond acceptors (Lipinski definition) is 2. The molecule has 0 bridgehead atoms. The van der Waals surface area contributed by atoms with E-state index in [1.807, 2.05) is 0 Å². The average Bonchev–Trinajstić information content (AvgIpc) is 2.84. The van der Waals surface area contributed by atoms with Gasteiger partial charge in [-0.05, 0) is 51.6 Å². The Bertz CT molecular complexity index is 224. The van der Waals surface area contributed by atoms with Crippen LogP contribution in [-0.4, -0.2) is 31.2 Å². The lowest BCUT2D eigenvalue weighted by atomic mass is 9.95. The fourth-order valence-electron chi connectivity index (χ4n) is 1.79. The van der Waals surface area contributed by atoms with Crippen molar-refractivity contribution in [1.29, 1.82) is 0 Å². The minimum Gasteiger partial charge on any atom is -0.336 e. The molecule has 0 aromatic rings. The second-order valence-corrected chi connectivity index (χ2v) is 4.89. The van der Waals surface area contributed by atoms with E-state index in [1.54, 1.807) is 0 Å². The monoisotopic (exact) mass is 211 g/mol. The van der Waals surface area contributed by atoms with Gasteiger partial charge in [-0.25, -0.2) is 4.79 Å². The van der Waals surface area contributed by atoms with Crippen molar-refractivity contribution >= 4 is 6.03 Å². The summed E-state index contributed by atoms with van der Waals surface area (Å²) in [6.07, 6.45) is 4.60. The van der Waals surface area contributed by atoms with Gasteiger partial charge in [-0.1, -0.05) is 0 Å². The van der Waals surface area contributed by atoms with E-state index in [2.05, 4.69) is 22.9 Å². The SMILES string of the molecule is CC(CCC1CNC1)NC(=O)NC1CC1. The number of urea groups is 1. The average molecular weight is 211 g/mol. The Morgan fingerprint density at radius 1 is 1.47 bits per heavy atom. The Labute approximate surface area is 91.2 Å². The molecule has 1 atom stereocenters. The molecule has 86 valence electrons. The maximum atomic E-state index is 11.4. The lowest BCUT2D eigenvalue weighted by Gasteiger charge is -2.28. The van der Waals surface area contributed by atoms with Gasteiger partial charge < -0.3 is 16.0 Å². The molecule has 2 aliphatic rings. The highest BCUT2D eigenvalue weighted by molar-refractivity contribution is 5.74. The molecule has 3 N–H and O–H groups in total. The molecule has 2 amide bonds. The molecule has 0 aromatic heterocycles. The zero-order valence-electron chi connectivity index (χ0n) is 9.38. The first-order valence-corrected chi connectivity index (χ1v) is 6.02. The predicted molar refractivity (Wildman–Crippen MR) is 59.7 cm³/mol. The molecule has 0 radical (unpaired) electrons. The van der Waals surface area contributed by atoms with Gasteiger partial charge in [-0.15, -0.1) is 0 Å². The van der Waals surface area contributed by atoms with Gasteiger partial charge in [-0.2, -0.15) is 0 Å². The van der Waals surface area contributed by atoms with Gasteiger partial charge in [0.25, 0.3) is 0 Å². The van der Waals surface area contributed by atoms with Gasteiger partial charge in [0.2, 0.25) is 0 Å². The van der Waals surface area contributed by atoms with Crippen molar-refractivity contribution in [3.63, 3.8) is 0 Å². The molecule has 4 heteroatoms. The highest BCUT2D eigenvalue weighted by Gasteiger charge is 2.24. The van der Waals surface area contributed by atoms with Crippen LogP contribution in [0.4, 0.5) is 4.79 Å². The third kappa shape index (κ3) is 3.70. The van der Waals surface area contributed by atoms with Crippen LogP contribution in [0, 0.1) is 5.92 Å². The van der Waals surface area contributed by atoms with Crippen molar-refractivity contribution < 1.29 is 4.79 Å². The van der Waals surface area contributed by atoms with Crippen molar-refractivity contribution in [1.82, 2.24) is 16.0 Å². The Morgan fingerprint density at radius 2 is 2.20 bits per heavy atom. The van der Waals surface area contributed by atoms with Gasteiger partial charge in [0, 0.05) is 12.1 Å². The largest absolute Gasteiger partial charge is 0.336 e. The van der Waals surface area contributed by atoms with Gasteiger partial charge in [-0.3, -0.25) is 0 Å². The van der Waals surface area contributed by atoms with Crippen LogP contribution >= 0.6 is 0 Å². The normalized spacial score (nSPS) is 23.0. The Balaban J connectivity index is 1.53. The molecule has 1 unspecified atom stereocenters. The Morgan fingerprint density at radius 3 is 2.73 bits per heavy atom. The molecular formula is C11H21N3O. The maximum absolute atomic E-state index is 11.4. The first-order valence-electron chi connectivity index (χ1n) is 6.02. The smallest absolute Gasteiger partial charge is 0.315 e. The van der Waals surface area contributed by atoms with Crippen LogP contribution in [0.5, 0.6) is 0 Å². The Hall–Kier alpha value is -0.770. The van der Waals surface area contributed by atoms with Crippen LogP contribution in [0.3, 0.4) is 0 Å². The second kappa shape index (κ2) is 4.84. The molecule has 15 heavy (non-hydrogen) atoms. The van der Waals surface area contributed by atoms with Gasteiger partial charge >= 0.3 is 6.03 Å². The fraction of sp³-hybridized carbons (Fsp3) is 0.909. The fourth-order valence-corrected chi connectivity index (χ4v) is 1.79. The first kappa shape index (κ1) is 10.7. The third-order valence-corrected chi connectivity index (χ3v) is 3.16. The zero-order valence-corrected chi connectivity index (χ0v) is 9.38. The molecule has 1 heterocycles. The molecule has 0 spiro atoms. The van der Waals surface area contributed by atoms with Crippen molar-refractivity contribution in [2.45, 2.75) is 44.7 Å². The molecule has 1 aliphatic carbocycles. The van der Waals surface area contributed by atoms with Crippen LogP contribution in [0.25, 0.3) is 0 Å². The third-order valence-electron chi connectivity index (χ3n) is 3.16. The summed E-state index contributed by atoms with van der Waals surface area (Å²) in [7, 11) is 0. The van der Waals surface area contributed by atoms with E-state index in [-0.39, 0.29) is 6.03 Å². The van der Waals surface area contributed by atoms with E-state index in [0.29, 0.717) is 12.1 Å². The maximum Gasteiger partial charge on any atom is 0.315 e. The summed E-state index contributed by atoms with van der Waals surface area (Å²) in [4.78, 5) is 11.4. The quantitative estimate of drug-likeness (QED) is 0.631. The summed E-state index contributed by atoms with van der Waals surface area (Å²) in [5.41, 5.74) is 0. The van der Waals surface area contributed by atoms with Crippen molar-refractivity contribution in [2.75, 3.05) is 13.1 Å². The summed E-state index contributed by atoms with van der Waals surface area (Å²) < 4.78 is 0. The van der Waals surface area contributed by atoms with E-state index in [9.17, 15) is 4.79 Å². The van der Waals surface area contributed by atoms with Crippen molar-refractivity contribution in [2.24, 2.45) is 5.92 Å². The van der Waals surface area contributed by atoms with E-state index < -0.39 is 0 Å². The number of nitrogens with one attached hydrogen (secondary N) is 3. The summed E-state index contributed by atoms with van der Waals surface area (Å²) in [6.45, 7) is 4.39. The van der Waals surface area contributed by atoms with Crippen molar-refractivity contribution in [3.8, 4) is 0 Å². The highest BCUT2D eigenvalue weighted by Crippen LogP contribution is 2.18. The molecule has 1 saturated carbocycles. The lowest BCUT2D eigenvalue weighted by Crippen LogP contribution is -2.44. The Kier molecular flexibility index (Phi) is 3.46. The van der Waals surface area contributed by atoms with E-state index >= 15 is 0 Å². The van der Waals surface area contributed by atoms with Crippen molar-refractivity contribution in [3.05, 3.63) is 0 Å². The first-order chi connectivity index (χ1) is 7.24. The second-order valence-electron chi connectivity index (χ2n) is 4.89. The van der Waals surface area contributed by atoms with E-state index in [4.69, 9.17) is 0 Å². The number of carbonyl (C=O) groups excluding carboxylic acids is 1. The molecule has 2 fully saturated rings. The topological polar surface area (TPSA) is 53.2 Å². The number of hydrogen-bond donors (Lipinski definition) is 3.